The molecule has 0 aromatic carbocycles. The molecule has 0 fully saturated rings. The van der Waals surface area contributed by atoms with E-state index < -0.39 is 0 Å². The van der Waals surface area contributed by atoms with Crippen molar-refractivity contribution in [2.75, 3.05) is 13.7 Å². The molecule has 0 saturated heterocycles. The molecule has 2 nitrogen and oxygen atoms in total. The molecule has 0 radical (unpaired) electrons. The summed E-state index contributed by atoms with van der Waals surface area (Å²) in [6.07, 6.45) is 15.7. The maximum atomic E-state index is 5.40. The minimum atomic E-state index is 0.420. The summed E-state index contributed by atoms with van der Waals surface area (Å²) in [6, 6.07) is 0. The zero-order valence-electron chi connectivity index (χ0n) is 11.3. The van der Waals surface area contributed by atoms with Crippen LogP contribution in [0.15, 0.2) is 24.0 Å². The summed E-state index contributed by atoms with van der Waals surface area (Å²) < 4.78 is 10.4. The van der Waals surface area contributed by atoms with Crippen LogP contribution in [-0.4, -0.2) is 19.8 Å². The third-order valence-electron chi connectivity index (χ3n) is 3.10. The Morgan fingerprint density at radius 1 is 1.24 bits per heavy atom. The molecule has 0 aliphatic heterocycles. The first-order valence-electron chi connectivity index (χ1n) is 6.88. The van der Waals surface area contributed by atoms with Gasteiger partial charge in [0.2, 0.25) is 0 Å². The Kier molecular flexibility index (Phi) is 7.81. The quantitative estimate of drug-likeness (QED) is 0.685. The molecule has 0 heterocycles. The molecular formula is C15H26O2. The SMILES string of the molecule is CCOC1C=CCCC1.COC1=CCCCC1. The van der Waals surface area contributed by atoms with Gasteiger partial charge in [-0.1, -0.05) is 12.2 Å². The lowest BCUT2D eigenvalue weighted by Gasteiger charge is -2.15. The van der Waals surface area contributed by atoms with Gasteiger partial charge in [0.1, 0.15) is 0 Å². The first-order chi connectivity index (χ1) is 8.36. The van der Waals surface area contributed by atoms with Gasteiger partial charge < -0.3 is 9.47 Å². The Morgan fingerprint density at radius 3 is 2.59 bits per heavy atom. The van der Waals surface area contributed by atoms with E-state index in [-0.39, 0.29) is 0 Å². The molecule has 1 unspecified atom stereocenters. The number of rotatable bonds is 3. The first-order valence-corrected chi connectivity index (χ1v) is 6.88. The Hall–Kier alpha value is -0.760. The minimum absolute atomic E-state index is 0.420. The Balaban J connectivity index is 0.000000171. The van der Waals surface area contributed by atoms with Gasteiger partial charge in [-0.2, -0.15) is 0 Å². The van der Waals surface area contributed by atoms with Gasteiger partial charge in [-0.05, 0) is 51.5 Å². The van der Waals surface area contributed by atoms with Crippen LogP contribution < -0.4 is 0 Å². The number of hydrogen-bond acceptors (Lipinski definition) is 2. The van der Waals surface area contributed by atoms with Crippen LogP contribution in [0.2, 0.25) is 0 Å². The summed E-state index contributed by atoms with van der Waals surface area (Å²) in [5.41, 5.74) is 0. The van der Waals surface area contributed by atoms with Gasteiger partial charge in [0.25, 0.3) is 0 Å². The molecule has 0 saturated carbocycles. The molecule has 17 heavy (non-hydrogen) atoms. The highest BCUT2D eigenvalue weighted by molar-refractivity contribution is 4.96. The van der Waals surface area contributed by atoms with Crippen LogP contribution in [0.25, 0.3) is 0 Å². The van der Waals surface area contributed by atoms with E-state index in [9.17, 15) is 0 Å². The predicted molar refractivity (Wildman–Crippen MR) is 72.0 cm³/mol. The first kappa shape index (κ1) is 14.3. The summed E-state index contributed by atoms with van der Waals surface area (Å²) in [6.45, 7) is 2.89. The third-order valence-corrected chi connectivity index (χ3v) is 3.10. The van der Waals surface area contributed by atoms with Crippen molar-refractivity contribution in [2.24, 2.45) is 0 Å². The lowest BCUT2D eigenvalue weighted by molar-refractivity contribution is 0.0859. The summed E-state index contributed by atoms with van der Waals surface area (Å²) in [4.78, 5) is 0. The van der Waals surface area contributed by atoms with Gasteiger partial charge in [-0.25, -0.2) is 0 Å². The van der Waals surface area contributed by atoms with Crippen LogP contribution in [0.5, 0.6) is 0 Å². The molecule has 0 bridgehead atoms. The van der Waals surface area contributed by atoms with E-state index >= 15 is 0 Å². The highest BCUT2D eigenvalue weighted by Crippen LogP contribution is 2.16. The van der Waals surface area contributed by atoms with Crippen molar-refractivity contribution in [2.45, 2.75) is 58.0 Å². The monoisotopic (exact) mass is 238 g/mol. The molecule has 2 heteroatoms. The van der Waals surface area contributed by atoms with Crippen molar-refractivity contribution in [3.8, 4) is 0 Å². The van der Waals surface area contributed by atoms with E-state index in [0.717, 1.165) is 13.0 Å². The second-order valence-electron chi connectivity index (χ2n) is 4.47. The van der Waals surface area contributed by atoms with Gasteiger partial charge in [0.15, 0.2) is 0 Å². The van der Waals surface area contributed by atoms with Crippen molar-refractivity contribution < 1.29 is 9.47 Å². The van der Waals surface area contributed by atoms with Gasteiger partial charge in [0.05, 0.1) is 19.0 Å². The standard InChI is InChI=1S/C8H14O.C7H12O/c1-2-9-8-6-4-3-5-7-8;1-8-7-5-3-2-4-6-7/h4,6,8H,2-3,5,7H2,1H3;5H,2-4,6H2,1H3. The van der Waals surface area contributed by atoms with E-state index in [0.29, 0.717) is 6.10 Å². The van der Waals surface area contributed by atoms with Crippen molar-refractivity contribution in [3.05, 3.63) is 24.0 Å². The van der Waals surface area contributed by atoms with Crippen molar-refractivity contribution in [1.82, 2.24) is 0 Å². The molecule has 98 valence electrons. The summed E-state index contributed by atoms with van der Waals surface area (Å²) in [5.74, 6) is 1.18. The molecule has 0 spiro atoms. The summed E-state index contributed by atoms with van der Waals surface area (Å²) >= 11 is 0. The fourth-order valence-electron chi connectivity index (χ4n) is 2.13. The zero-order chi connectivity index (χ0) is 12.3. The van der Waals surface area contributed by atoms with Gasteiger partial charge >= 0.3 is 0 Å². The van der Waals surface area contributed by atoms with Crippen LogP contribution in [0.4, 0.5) is 0 Å². The van der Waals surface area contributed by atoms with Gasteiger partial charge in [-0.15, -0.1) is 0 Å². The normalized spacial score (nSPS) is 23.4. The van der Waals surface area contributed by atoms with Crippen LogP contribution in [0.1, 0.15) is 51.9 Å². The van der Waals surface area contributed by atoms with Crippen molar-refractivity contribution in [1.29, 1.82) is 0 Å². The third kappa shape index (κ3) is 6.52. The largest absolute Gasteiger partial charge is 0.501 e. The molecule has 1 atom stereocenters. The molecule has 0 amide bonds. The van der Waals surface area contributed by atoms with E-state index in [4.69, 9.17) is 9.47 Å². The number of allylic oxidation sites excluding steroid dienone is 3. The molecule has 0 N–H and O–H groups in total. The fourth-order valence-corrected chi connectivity index (χ4v) is 2.13. The molecule has 2 aliphatic carbocycles. The van der Waals surface area contributed by atoms with E-state index in [1.807, 2.05) is 6.92 Å². The van der Waals surface area contributed by atoms with Gasteiger partial charge in [0, 0.05) is 13.0 Å². The molecule has 0 aromatic heterocycles. The Morgan fingerprint density at radius 2 is 2.12 bits per heavy atom. The number of methoxy groups -OCH3 is 1. The van der Waals surface area contributed by atoms with Crippen LogP contribution in [-0.2, 0) is 9.47 Å². The smallest absolute Gasteiger partial charge is 0.0915 e. The highest BCUT2D eigenvalue weighted by Gasteiger charge is 2.05. The Labute approximate surface area is 106 Å². The predicted octanol–water partition coefficient (Wildman–Crippen LogP) is 4.22. The van der Waals surface area contributed by atoms with Crippen LogP contribution in [0.3, 0.4) is 0 Å². The van der Waals surface area contributed by atoms with Crippen molar-refractivity contribution in [3.63, 3.8) is 0 Å². The molecular weight excluding hydrogens is 212 g/mol. The maximum absolute atomic E-state index is 5.40. The van der Waals surface area contributed by atoms with E-state index in [1.165, 1.54) is 44.3 Å². The van der Waals surface area contributed by atoms with Crippen LogP contribution >= 0.6 is 0 Å². The molecule has 0 aromatic rings. The lowest BCUT2D eigenvalue weighted by atomic mass is 10.1. The molecule has 2 rings (SSSR count). The fraction of sp³-hybridized carbons (Fsp3) is 0.733. The summed E-state index contributed by atoms with van der Waals surface area (Å²) in [5, 5.41) is 0. The summed E-state index contributed by atoms with van der Waals surface area (Å²) in [7, 11) is 1.75. The average molecular weight is 238 g/mol. The van der Waals surface area contributed by atoms with E-state index in [2.05, 4.69) is 18.2 Å². The highest BCUT2D eigenvalue weighted by atomic mass is 16.5. The topological polar surface area (TPSA) is 18.5 Å². The van der Waals surface area contributed by atoms with E-state index in [1.54, 1.807) is 7.11 Å². The average Bonchev–Trinajstić information content (AvgIpc) is 2.42. The van der Waals surface area contributed by atoms with Crippen LogP contribution in [0, 0.1) is 0 Å². The zero-order valence-corrected chi connectivity index (χ0v) is 11.3. The molecule has 2 aliphatic rings. The van der Waals surface area contributed by atoms with Gasteiger partial charge in [-0.3, -0.25) is 0 Å². The Bertz CT molecular complexity index is 243. The number of ether oxygens (including phenoxy) is 2. The second-order valence-corrected chi connectivity index (χ2v) is 4.47. The van der Waals surface area contributed by atoms with Crippen molar-refractivity contribution >= 4 is 0 Å². The minimum Gasteiger partial charge on any atom is -0.501 e. The second kappa shape index (κ2) is 9.29. The lowest BCUT2D eigenvalue weighted by Crippen LogP contribution is -2.11. The maximum Gasteiger partial charge on any atom is 0.0915 e. The number of hydrogen-bond donors (Lipinski definition) is 0.